The summed E-state index contributed by atoms with van der Waals surface area (Å²) in [5.74, 6) is 2.49. The van der Waals surface area contributed by atoms with Gasteiger partial charge >= 0.3 is 6.09 Å². The second kappa shape index (κ2) is 10.5. The predicted octanol–water partition coefficient (Wildman–Crippen LogP) is 5.20. The highest BCUT2D eigenvalue weighted by Gasteiger charge is 2.27. The lowest BCUT2D eigenvalue weighted by atomic mass is 9.90. The van der Waals surface area contributed by atoms with Crippen LogP contribution in [0.25, 0.3) is 10.9 Å². The molecule has 3 heterocycles. The van der Waals surface area contributed by atoms with Crippen molar-refractivity contribution >= 4 is 17.0 Å². The predicted molar refractivity (Wildman–Crippen MR) is 126 cm³/mol. The third-order valence-corrected chi connectivity index (χ3v) is 5.99. The van der Waals surface area contributed by atoms with Crippen molar-refractivity contribution in [3.05, 3.63) is 23.8 Å². The maximum atomic E-state index is 12.4. The van der Waals surface area contributed by atoms with E-state index in [0.29, 0.717) is 24.3 Å². The fourth-order valence-corrected chi connectivity index (χ4v) is 4.00. The van der Waals surface area contributed by atoms with E-state index in [-0.39, 0.29) is 6.09 Å². The van der Waals surface area contributed by atoms with Crippen molar-refractivity contribution < 1.29 is 14.3 Å². The highest BCUT2D eigenvalue weighted by atomic mass is 16.6. The van der Waals surface area contributed by atoms with Gasteiger partial charge in [-0.25, -0.2) is 19.7 Å². The smallest absolute Gasteiger partial charge is 0.410 e. The number of nitrogens with zero attached hydrogens (tertiary/aromatic N) is 4. The average molecular weight is 443 g/mol. The number of hydrogen-bond acceptors (Lipinski definition) is 6. The Kier molecular flexibility index (Phi) is 7.91. The summed E-state index contributed by atoms with van der Waals surface area (Å²) in [6.45, 7) is 14.1. The van der Waals surface area contributed by atoms with E-state index < -0.39 is 5.60 Å². The number of aromatic nitrogens is 3. The molecule has 1 fully saturated rings. The van der Waals surface area contributed by atoms with Crippen LogP contribution in [0.1, 0.15) is 72.2 Å². The van der Waals surface area contributed by atoms with Crippen LogP contribution in [-0.4, -0.2) is 51.2 Å². The van der Waals surface area contributed by atoms with E-state index >= 15 is 0 Å². The largest absolute Gasteiger partial charge is 0.477 e. The number of carbonyl (C=O) groups is 1. The van der Waals surface area contributed by atoms with E-state index in [1.54, 1.807) is 0 Å². The molecule has 0 spiro atoms. The van der Waals surface area contributed by atoms with Crippen molar-refractivity contribution in [2.24, 2.45) is 11.8 Å². The number of ether oxygens (including phenoxy) is 2. The van der Waals surface area contributed by atoms with Crippen LogP contribution in [-0.2, 0) is 17.6 Å². The molecule has 1 amide bonds. The maximum Gasteiger partial charge on any atom is 0.410 e. The summed E-state index contributed by atoms with van der Waals surface area (Å²) in [6.07, 6.45) is 8.30. The van der Waals surface area contributed by atoms with Gasteiger partial charge in [0.1, 0.15) is 11.4 Å². The molecule has 0 N–H and O–H groups in total. The van der Waals surface area contributed by atoms with Crippen LogP contribution in [0.5, 0.6) is 5.88 Å². The van der Waals surface area contributed by atoms with Gasteiger partial charge in [0.05, 0.1) is 17.5 Å². The first kappa shape index (κ1) is 24.2. The van der Waals surface area contributed by atoms with Gasteiger partial charge < -0.3 is 14.4 Å². The molecule has 7 nitrogen and oxygen atoms in total. The summed E-state index contributed by atoms with van der Waals surface area (Å²) in [7, 11) is 0. The lowest BCUT2D eigenvalue weighted by Gasteiger charge is -2.33. The Morgan fingerprint density at radius 2 is 1.91 bits per heavy atom. The highest BCUT2D eigenvalue weighted by Crippen LogP contribution is 2.29. The quantitative estimate of drug-likeness (QED) is 0.586. The van der Waals surface area contributed by atoms with Crippen LogP contribution in [0.15, 0.2) is 12.4 Å². The molecule has 0 aromatic carbocycles. The first-order valence-electron chi connectivity index (χ1n) is 11.9. The number of hydrogen-bond donors (Lipinski definition) is 0. The number of likely N-dealkylation sites (tertiary alicyclic amines) is 1. The molecule has 1 aliphatic heterocycles. The maximum absolute atomic E-state index is 12.4. The van der Waals surface area contributed by atoms with Crippen molar-refractivity contribution in [2.45, 2.75) is 79.2 Å². The minimum absolute atomic E-state index is 0.216. The van der Waals surface area contributed by atoms with Crippen LogP contribution < -0.4 is 4.74 Å². The topological polar surface area (TPSA) is 77.4 Å². The van der Waals surface area contributed by atoms with Crippen molar-refractivity contribution in [1.82, 2.24) is 19.9 Å². The lowest BCUT2D eigenvalue weighted by Crippen LogP contribution is -2.42. The first-order valence-corrected chi connectivity index (χ1v) is 11.9. The van der Waals surface area contributed by atoms with Crippen LogP contribution in [0.2, 0.25) is 0 Å². The van der Waals surface area contributed by atoms with Gasteiger partial charge in [0.25, 0.3) is 0 Å². The minimum atomic E-state index is -0.465. The summed E-state index contributed by atoms with van der Waals surface area (Å²) >= 11 is 0. The highest BCUT2D eigenvalue weighted by molar-refractivity contribution is 5.85. The van der Waals surface area contributed by atoms with Crippen molar-refractivity contribution in [1.29, 1.82) is 0 Å². The monoisotopic (exact) mass is 442 g/mol. The molecule has 0 saturated carbocycles. The molecule has 7 heteroatoms. The van der Waals surface area contributed by atoms with Gasteiger partial charge in [-0.2, -0.15) is 0 Å². The molecule has 0 unspecified atom stereocenters. The zero-order valence-electron chi connectivity index (χ0n) is 20.5. The summed E-state index contributed by atoms with van der Waals surface area (Å²) < 4.78 is 11.3. The molecule has 0 aliphatic carbocycles. The number of piperidine rings is 1. The lowest BCUT2D eigenvalue weighted by molar-refractivity contribution is 0.0184. The van der Waals surface area contributed by atoms with E-state index in [1.807, 2.05) is 45.0 Å². The third-order valence-electron chi connectivity index (χ3n) is 5.99. The SMILES string of the molecule is CCOc1ncc(CC2CCN(C(=O)OC(C)(C)C)CC2)c2nc(C[C@@H](C)CC)ncc12. The molecule has 2 aromatic heterocycles. The second-order valence-electron chi connectivity index (χ2n) is 9.90. The van der Waals surface area contributed by atoms with Gasteiger partial charge in [-0.05, 0) is 64.4 Å². The number of pyridine rings is 1. The Hall–Kier alpha value is -2.44. The standard InChI is InChI=1S/C25H38N4O3/c1-7-17(3)13-21-26-16-20-22(28-21)19(15-27-23(20)31-8-2)14-18-9-11-29(12-10-18)24(30)32-25(4,5)6/h15-18H,7-14H2,1-6H3/t17-/m0/s1. The summed E-state index contributed by atoms with van der Waals surface area (Å²) in [4.78, 5) is 28.3. The minimum Gasteiger partial charge on any atom is -0.477 e. The zero-order valence-corrected chi connectivity index (χ0v) is 20.5. The van der Waals surface area contributed by atoms with Crippen molar-refractivity contribution in [3.8, 4) is 5.88 Å². The summed E-state index contributed by atoms with van der Waals surface area (Å²) in [5.41, 5.74) is 1.62. The van der Waals surface area contributed by atoms with E-state index in [0.717, 1.165) is 67.5 Å². The Morgan fingerprint density at radius 1 is 1.19 bits per heavy atom. The van der Waals surface area contributed by atoms with Gasteiger partial charge in [0.2, 0.25) is 5.88 Å². The van der Waals surface area contributed by atoms with Crippen LogP contribution in [0, 0.1) is 11.8 Å². The fraction of sp³-hybridized carbons (Fsp3) is 0.680. The Labute approximate surface area is 191 Å². The van der Waals surface area contributed by atoms with Gasteiger partial charge in [-0.1, -0.05) is 20.3 Å². The summed E-state index contributed by atoms with van der Waals surface area (Å²) in [5, 5.41) is 0.878. The van der Waals surface area contributed by atoms with E-state index in [9.17, 15) is 4.79 Å². The number of fused-ring (bicyclic) bond motifs is 1. The Balaban J connectivity index is 1.76. The van der Waals surface area contributed by atoms with Crippen molar-refractivity contribution in [2.75, 3.05) is 19.7 Å². The molecule has 32 heavy (non-hydrogen) atoms. The van der Waals surface area contributed by atoms with Crippen LogP contribution in [0.3, 0.4) is 0 Å². The molecule has 1 aliphatic rings. The normalized spacial score (nSPS) is 16.2. The number of carbonyl (C=O) groups excluding carboxylic acids is 1. The second-order valence-corrected chi connectivity index (χ2v) is 9.90. The van der Waals surface area contributed by atoms with Gasteiger partial charge in [-0.15, -0.1) is 0 Å². The Morgan fingerprint density at radius 3 is 2.53 bits per heavy atom. The fourth-order valence-electron chi connectivity index (χ4n) is 4.00. The Bertz CT molecular complexity index is 917. The summed E-state index contributed by atoms with van der Waals surface area (Å²) in [6, 6.07) is 0. The van der Waals surface area contributed by atoms with Gasteiger partial charge in [0, 0.05) is 31.9 Å². The molecule has 0 bridgehead atoms. The van der Waals surface area contributed by atoms with Crippen LogP contribution >= 0.6 is 0 Å². The molecule has 3 rings (SSSR count). The molecular formula is C25H38N4O3. The van der Waals surface area contributed by atoms with E-state index in [4.69, 9.17) is 14.5 Å². The molecule has 0 radical (unpaired) electrons. The van der Waals surface area contributed by atoms with E-state index in [2.05, 4.69) is 23.8 Å². The molecule has 1 saturated heterocycles. The third kappa shape index (κ3) is 6.30. The molecule has 1 atom stereocenters. The zero-order chi connectivity index (χ0) is 23.3. The van der Waals surface area contributed by atoms with E-state index in [1.165, 1.54) is 0 Å². The number of rotatable bonds is 7. The first-order chi connectivity index (χ1) is 15.2. The molecule has 176 valence electrons. The number of amides is 1. The molecule has 2 aromatic rings. The average Bonchev–Trinajstić information content (AvgIpc) is 2.74. The van der Waals surface area contributed by atoms with Crippen molar-refractivity contribution in [3.63, 3.8) is 0 Å². The van der Waals surface area contributed by atoms with Gasteiger partial charge in [0.15, 0.2) is 0 Å². The molecular weight excluding hydrogens is 404 g/mol. The van der Waals surface area contributed by atoms with Gasteiger partial charge in [-0.3, -0.25) is 0 Å². The van der Waals surface area contributed by atoms with Crippen LogP contribution in [0.4, 0.5) is 4.79 Å².